The number of benzene rings is 3. The summed E-state index contributed by atoms with van der Waals surface area (Å²) in [6.07, 6.45) is 6.99. The van der Waals surface area contributed by atoms with Gasteiger partial charge in [-0.1, -0.05) is 24.3 Å². The summed E-state index contributed by atoms with van der Waals surface area (Å²) in [6, 6.07) is 16.9. The van der Waals surface area contributed by atoms with E-state index in [-0.39, 0.29) is 17.0 Å². The van der Waals surface area contributed by atoms with E-state index >= 15 is 0 Å². The fourth-order valence-corrected chi connectivity index (χ4v) is 7.91. The number of hydrogen-bond acceptors (Lipinski definition) is 8. The van der Waals surface area contributed by atoms with E-state index in [1.54, 1.807) is 0 Å². The normalized spacial score (nSPS) is 18.3. The molecule has 9 nitrogen and oxygen atoms in total. The average Bonchev–Trinajstić information content (AvgIpc) is 3.85. The Hall–Kier alpha value is -3.99. The molecule has 4 aliphatic rings. The number of ether oxygens (including phenoxy) is 2. The molecule has 3 aromatic carbocycles. The van der Waals surface area contributed by atoms with Crippen LogP contribution in [-0.4, -0.2) is 36.7 Å². The van der Waals surface area contributed by atoms with Gasteiger partial charge in [-0.2, -0.15) is 0 Å². The summed E-state index contributed by atoms with van der Waals surface area (Å²) in [5, 5.41) is 2.17. The van der Waals surface area contributed by atoms with Crippen molar-refractivity contribution in [3.63, 3.8) is 0 Å². The molecule has 0 spiro atoms. The van der Waals surface area contributed by atoms with Crippen molar-refractivity contribution in [1.29, 1.82) is 0 Å². The molecule has 0 atom stereocenters. The minimum absolute atomic E-state index is 0.118. The van der Waals surface area contributed by atoms with E-state index in [0.29, 0.717) is 18.1 Å². The van der Waals surface area contributed by atoms with Gasteiger partial charge in [0.25, 0.3) is 0 Å². The van der Waals surface area contributed by atoms with Crippen LogP contribution in [0.5, 0.6) is 11.5 Å². The van der Waals surface area contributed by atoms with Gasteiger partial charge in [0.1, 0.15) is 18.0 Å². The first-order chi connectivity index (χ1) is 23.4. The smallest absolute Gasteiger partial charge is 0.338 e. The van der Waals surface area contributed by atoms with Gasteiger partial charge in [-0.05, 0) is 101 Å². The number of anilines is 1. The van der Waals surface area contributed by atoms with Crippen LogP contribution in [-0.2, 0) is 4.74 Å². The maximum Gasteiger partial charge on any atom is 0.338 e. The van der Waals surface area contributed by atoms with Gasteiger partial charge in [-0.3, -0.25) is 0 Å². The van der Waals surface area contributed by atoms with Crippen molar-refractivity contribution in [2.75, 3.05) is 24.6 Å². The van der Waals surface area contributed by atoms with Crippen LogP contribution in [0.1, 0.15) is 101 Å². The summed E-state index contributed by atoms with van der Waals surface area (Å²) in [7, 11) is -4.94. The van der Waals surface area contributed by atoms with Crippen molar-refractivity contribution >= 4 is 28.4 Å². The number of carbonyl (C=O) groups is 1. The van der Waals surface area contributed by atoms with Crippen LogP contribution in [0.3, 0.4) is 0 Å². The fourth-order valence-electron chi connectivity index (χ4n) is 7.91. The summed E-state index contributed by atoms with van der Waals surface area (Å²) in [4.78, 5) is 16.1. The minimum Gasteiger partial charge on any atom is -0.462 e. The summed E-state index contributed by atoms with van der Waals surface area (Å²) in [6.45, 7) is 20.1. The van der Waals surface area contributed by atoms with Crippen LogP contribution in [0, 0.1) is 16.2 Å². The van der Waals surface area contributed by atoms with E-state index in [9.17, 15) is 4.79 Å². The molecule has 10 heteroatoms. The number of rotatable bonds is 6. The summed E-state index contributed by atoms with van der Waals surface area (Å²) in [5.41, 5.74) is 9.30. The first kappa shape index (κ1) is 35.8. The van der Waals surface area contributed by atoms with Crippen LogP contribution in [0.15, 0.2) is 60.7 Å². The lowest BCUT2D eigenvalue weighted by Gasteiger charge is -2.43. The number of allylic oxidation sites excluding steroid dienone is 2. The Labute approximate surface area is 295 Å². The topological polar surface area (TPSA) is 134 Å². The molecule has 0 N–H and O–H groups in total. The van der Waals surface area contributed by atoms with E-state index in [2.05, 4.69) is 107 Å². The zero-order chi connectivity index (χ0) is 36.3. The van der Waals surface area contributed by atoms with Crippen LogP contribution in [0.25, 0.3) is 16.7 Å². The van der Waals surface area contributed by atoms with Crippen LogP contribution >= 0.6 is 0 Å². The zero-order valence-electron chi connectivity index (χ0n) is 30.0. The molecular weight excluding hydrogens is 656 g/mol. The molecule has 3 aromatic rings. The Morgan fingerprint density at radius 1 is 0.900 bits per heavy atom. The van der Waals surface area contributed by atoms with Crippen molar-refractivity contribution in [1.82, 2.24) is 4.58 Å². The molecule has 1 aliphatic carbocycles. The van der Waals surface area contributed by atoms with Gasteiger partial charge in [0.05, 0.1) is 23.8 Å². The lowest BCUT2D eigenvalue weighted by Crippen LogP contribution is -2.68. The molecule has 1 fully saturated rings. The molecule has 3 aliphatic heterocycles. The van der Waals surface area contributed by atoms with Gasteiger partial charge < -0.3 is 14.4 Å². The molecule has 0 aromatic heterocycles. The second-order valence-electron chi connectivity index (χ2n) is 14.6. The SMILES string of the molecule is CCN1c2cc3c(cc2C(C)=CC1(C)C)C(c1ccccc1C(=O)OCC1CC1)=c1cc2c(cc1O3)=[N+](CC)C(C)(C)C=C2C.[O-][Cl+3]([O-])([O-])[O-]. The molecule has 0 saturated heterocycles. The second kappa shape index (κ2) is 13.0. The van der Waals surface area contributed by atoms with Crippen molar-refractivity contribution in [2.45, 2.75) is 79.3 Å². The number of fused-ring (bicyclic) bond motifs is 4. The molecule has 7 rings (SSSR count). The highest BCUT2D eigenvalue weighted by Gasteiger charge is 2.36. The third kappa shape index (κ3) is 6.85. The Bertz CT molecular complexity index is 2060. The molecule has 0 amide bonds. The standard InChI is InChI=1S/C40H45N2O3.ClHO4/c1-9-41-33-19-35-31(17-29(33)24(3)21-39(41,5)6)37(27-13-11-12-14-28(27)38(43)44-23-26-15-16-26)32-18-30-25(4)22-40(7,8)42(10-2)34(30)20-36(32)45-35;2-1(3,4)5/h11-14,17-22,26H,9-10,15-16,23H2,1-8H3;(H,2,3,4,5)/q+1;/p-1. The van der Waals surface area contributed by atoms with Crippen LogP contribution < -0.4 is 43.4 Å². The molecule has 264 valence electrons. The van der Waals surface area contributed by atoms with Gasteiger partial charge in [-0.15, -0.1) is 10.2 Å². The summed E-state index contributed by atoms with van der Waals surface area (Å²) in [5.74, 6) is 1.86. The Balaban J connectivity index is 0.000000808. The molecule has 3 heterocycles. The highest BCUT2D eigenvalue weighted by atomic mass is 35.7. The lowest BCUT2D eigenvalue weighted by atomic mass is 9.83. The predicted octanol–water partition coefficient (Wildman–Crippen LogP) is 2.58. The van der Waals surface area contributed by atoms with Gasteiger partial charge in [-0.25, -0.2) is 28.0 Å². The van der Waals surface area contributed by atoms with Crippen LogP contribution in [0.4, 0.5) is 5.69 Å². The van der Waals surface area contributed by atoms with Gasteiger partial charge >= 0.3 is 5.97 Å². The quantitative estimate of drug-likeness (QED) is 0.222. The maximum absolute atomic E-state index is 13.6. The third-order valence-corrected chi connectivity index (χ3v) is 10.1. The number of esters is 1. The fraction of sp³-hybridized carbons (Fsp3) is 0.400. The monoisotopic (exact) mass is 700 g/mol. The van der Waals surface area contributed by atoms with Gasteiger partial charge in [0, 0.05) is 59.6 Å². The number of likely N-dealkylation sites (N-methyl/N-ethyl adjacent to an activating group) is 2. The maximum atomic E-state index is 13.6. The second-order valence-corrected chi connectivity index (χ2v) is 15.4. The number of hydrogen-bond donors (Lipinski definition) is 0. The number of nitrogens with zero attached hydrogens (tertiary/aromatic N) is 2. The molecule has 1 saturated carbocycles. The summed E-state index contributed by atoms with van der Waals surface area (Å²) < 4.78 is 49.2. The third-order valence-electron chi connectivity index (χ3n) is 10.1. The molecule has 0 unspecified atom stereocenters. The lowest BCUT2D eigenvalue weighted by molar-refractivity contribution is -2.00. The predicted molar refractivity (Wildman–Crippen MR) is 184 cm³/mol. The highest BCUT2D eigenvalue weighted by molar-refractivity contribution is 6.00. The van der Waals surface area contributed by atoms with E-state index in [0.717, 1.165) is 59.3 Å². The van der Waals surface area contributed by atoms with E-state index in [4.69, 9.17) is 28.1 Å². The Kier molecular flexibility index (Phi) is 9.29. The van der Waals surface area contributed by atoms with E-state index < -0.39 is 10.2 Å². The van der Waals surface area contributed by atoms with E-state index in [1.807, 2.05) is 18.2 Å². The van der Waals surface area contributed by atoms with Gasteiger partial charge in [0.2, 0.25) is 5.36 Å². The Morgan fingerprint density at radius 3 is 2.20 bits per heavy atom. The van der Waals surface area contributed by atoms with Crippen molar-refractivity contribution in [3.05, 3.63) is 99.1 Å². The average molecular weight is 701 g/mol. The van der Waals surface area contributed by atoms with Crippen LogP contribution in [0.2, 0.25) is 0 Å². The summed E-state index contributed by atoms with van der Waals surface area (Å²) >= 11 is 0. The number of halogens is 1. The van der Waals surface area contributed by atoms with Crippen molar-refractivity contribution in [2.24, 2.45) is 5.92 Å². The first-order valence-corrected chi connectivity index (χ1v) is 18.4. The van der Waals surface area contributed by atoms with Gasteiger partial charge in [0.15, 0.2) is 5.54 Å². The molecule has 0 bridgehead atoms. The number of carbonyl (C=O) groups excluding carboxylic acids is 1. The highest BCUT2D eigenvalue weighted by Crippen LogP contribution is 2.46. The zero-order valence-corrected chi connectivity index (χ0v) is 30.8. The minimum atomic E-state index is -4.94. The molecule has 0 radical (unpaired) electrons. The molecule has 50 heavy (non-hydrogen) atoms. The largest absolute Gasteiger partial charge is 0.462 e. The van der Waals surface area contributed by atoms with Crippen molar-refractivity contribution in [3.8, 4) is 11.5 Å². The first-order valence-electron chi connectivity index (χ1n) is 17.2. The Morgan fingerprint density at radius 2 is 1.56 bits per heavy atom. The van der Waals surface area contributed by atoms with E-state index in [1.165, 1.54) is 33.3 Å². The molecular formula is C40H45ClN2O7. The van der Waals surface area contributed by atoms with Crippen molar-refractivity contribution < 1.29 is 43.1 Å².